The van der Waals surface area contributed by atoms with E-state index < -0.39 is 43.6 Å². The minimum absolute atomic E-state index is 0. The first-order valence-corrected chi connectivity index (χ1v) is 7.61. The highest BCUT2D eigenvalue weighted by atomic mass is 79.9. The van der Waals surface area contributed by atoms with Gasteiger partial charge in [-0.15, -0.1) is 0 Å². The van der Waals surface area contributed by atoms with Crippen LogP contribution in [0.25, 0.3) is 0 Å². The molecule has 14 heteroatoms. The fourth-order valence-electron chi connectivity index (χ4n) is 2.08. The number of H-pyrrole nitrogens is 1. The number of quaternary nitrogens is 1. The second-order valence-electron chi connectivity index (χ2n) is 4.74. The first-order chi connectivity index (χ1) is 9.62. The number of hydrogen-bond donors (Lipinski definition) is 7. The molecule has 23 heavy (non-hydrogen) atoms. The van der Waals surface area contributed by atoms with Gasteiger partial charge in [0, 0.05) is 6.07 Å². The molecule has 0 radical (unpaired) electrons. The van der Waals surface area contributed by atoms with Gasteiger partial charge in [-0.2, -0.15) is 14.3 Å². The highest BCUT2D eigenvalue weighted by molar-refractivity contribution is 7.52. The molecule has 134 valence electrons. The lowest BCUT2D eigenvalue weighted by molar-refractivity contribution is -0.780. The Morgan fingerprint density at radius 2 is 1.91 bits per heavy atom. The molecule has 1 aromatic heterocycles. The highest BCUT2D eigenvalue weighted by Crippen LogP contribution is 2.43. The summed E-state index contributed by atoms with van der Waals surface area (Å²) in [5.74, 6) is -1.49. The molecule has 0 unspecified atom stereocenters. The molecule has 10 N–H and O–H groups in total. The molecule has 2 rings (SSSR count). The van der Waals surface area contributed by atoms with Crippen molar-refractivity contribution in [2.75, 3.05) is 5.73 Å². The number of nitrogens with two attached hydrogens (primary N) is 1. The van der Waals surface area contributed by atoms with E-state index in [0.29, 0.717) is 0 Å². The third-order valence-electron chi connectivity index (χ3n) is 3.26. The number of nitrogens with one attached hydrogen (secondary N) is 1. The summed E-state index contributed by atoms with van der Waals surface area (Å²) < 4.78 is 17.3. The Kier molecular flexibility index (Phi) is 8.01. The minimum Gasteiger partial charge on any atom is -1.00 e. The minimum atomic E-state index is -4.63. The second kappa shape index (κ2) is 8.14. The number of rotatable bonds is 3. The van der Waals surface area contributed by atoms with E-state index >= 15 is 0 Å². The zero-order valence-corrected chi connectivity index (χ0v) is 15.6. The standard InChI is InChI=1S/C9H15N4O7P.2BrH/c10-3-1-2-13(9(16)12-3)8-5(15)4(14)6(20-8)7(11)21(17,18)19;;/h1-2,4-8,14-15H,11H2,(H4,10,12,16,17,18,19);2*1H/t4-,5-,6-,7+,8+;;/m0../s1. The number of aromatic nitrogens is 2. The predicted molar refractivity (Wildman–Crippen MR) is 66.3 cm³/mol. The van der Waals surface area contributed by atoms with Crippen molar-refractivity contribution in [3.05, 3.63) is 22.7 Å². The molecule has 1 aliphatic heterocycles. The predicted octanol–water partition coefficient (Wildman–Crippen LogP) is -10.4. The first kappa shape index (κ1) is 22.6. The molecule has 11 nitrogen and oxygen atoms in total. The smallest absolute Gasteiger partial charge is 0.499 e. The molecule has 1 aromatic rings. The van der Waals surface area contributed by atoms with E-state index in [2.05, 4.69) is 10.7 Å². The Morgan fingerprint density at radius 1 is 1.35 bits per heavy atom. The number of aromatic amines is 1. The molecule has 0 spiro atoms. The largest absolute Gasteiger partial charge is 1.00 e. The number of halogens is 2. The molecule has 0 bridgehead atoms. The van der Waals surface area contributed by atoms with E-state index in [1.807, 2.05) is 0 Å². The molecule has 5 atom stereocenters. The summed E-state index contributed by atoms with van der Waals surface area (Å²) >= 11 is 0. The maximum Gasteiger partial charge on any atom is 0.499 e. The van der Waals surface area contributed by atoms with Crippen LogP contribution >= 0.6 is 7.60 Å². The summed E-state index contributed by atoms with van der Waals surface area (Å²) in [6.45, 7) is 0. The van der Waals surface area contributed by atoms with Crippen molar-refractivity contribution in [2.45, 2.75) is 30.3 Å². The summed E-state index contributed by atoms with van der Waals surface area (Å²) in [5.41, 5.74) is 7.95. The van der Waals surface area contributed by atoms with Crippen molar-refractivity contribution in [2.24, 2.45) is 0 Å². The number of anilines is 1. The number of aliphatic hydroxyl groups is 2. The number of aliphatic hydroxyl groups excluding tert-OH is 2. The molecule has 0 amide bonds. The van der Waals surface area contributed by atoms with Gasteiger partial charge in [0.15, 0.2) is 11.9 Å². The summed E-state index contributed by atoms with van der Waals surface area (Å²) in [5, 5.41) is 19.8. The third kappa shape index (κ3) is 4.59. The quantitative estimate of drug-likeness (QED) is 0.162. The molecule has 2 heterocycles. The molecular formula is C9H17Br2N4O7P. The van der Waals surface area contributed by atoms with Crippen molar-refractivity contribution in [1.82, 2.24) is 4.98 Å². The van der Waals surface area contributed by atoms with Gasteiger partial charge in [-0.05, 0) is 0 Å². The summed E-state index contributed by atoms with van der Waals surface area (Å²) in [6, 6.07) is 1.34. The number of ether oxygens (including phenoxy) is 1. The Hall–Kier alpha value is -0.370. The first-order valence-electron chi connectivity index (χ1n) is 5.92. The molecule has 1 saturated heterocycles. The van der Waals surface area contributed by atoms with Crippen molar-refractivity contribution in [3.63, 3.8) is 0 Å². The topological polar surface area (TPSA) is 198 Å². The van der Waals surface area contributed by atoms with Crippen LogP contribution in [0, 0.1) is 0 Å². The number of nitrogens with zero attached hydrogens (tertiary/aromatic N) is 1. The molecule has 0 saturated carbocycles. The summed E-state index contributed by atoms with van der Waals surface area (Å²) in [4.78, 5) is 32.2. The van der Waals surface area contributed by atoms with Crippen molar-refractivity contribution < 1.29 is 73.6 Å². The SMILES string of the molecule is Nc1cc[n+]([C@@H]2O[C@H]([C@H]([NH3+])P(=O)(O)O)[C@@H](O)[C@@H]2O)c(=O)[nH]1.[Br-].[Br-]. The Balaban J connectivity index is 0.00000242. The van der Waals surface area contributed by atoms with Gasteiger partial charge in [-0.1, -0.05) is 0 Å². The van der Waals surface area contributed by atoms with Gasteiger partial charge < -0.3 is 70.2 Å². The lowest BCUT2D eigenvalue weighted by atomic mass is 10.1. The maximum atomic E-state index is 11.7. The lowest BCUT2D eigenvalue weighted by Crippen LogP contribution is -3.00. The summed E-state index contributed by atoms with van der Waals surface area (Å²) in [7, 11) is -4.63. The molecule has 0 aliphatic carbocycles. The average Bonchev–Trinajstić information content (AvgIpc) is 2.65. The van der Waals surface area contributed by atoms with Crippen LogP contribution in [0.5, 0.6) is 0 Å². The van der Waals surface area contributed by atoms with E-state index in [4.69, 9.17) is 20.3 Å². The molecule has 0 aromatic carbocycles. The van der Waals surface area contributed by atoms with Gasteiger partial charge in [-0.25, -0.2) is 0 Å². The van der Waals surface area contributed by atoms with Crippen molar-refractivity contribution in [1.29, 1.82) is 0 Å². The normalized spacial score (nSPS) is 28.6. The fraction of sp³-hybridized carbons (Fsp3) is 0.556. The number of nitrogen functional groups attached to an aromatic ring is 1. The lowest BCUT2D eigenvalue weighted by Gasteiger charge is -2.19. The highest BCUT2D eigenvalue weighted by Gasteiger charge is 2.54. The molecule has 1 fully saturated rings. The van der Waals surface area contributed by atoms with Gasteiger partial charge >= 0.3 is 13.3 Å². The van der Waals surface area contributed by atoms with Crippen LogP contribution in [-0.2, 0) is 9.30 Å². The molecular weight excluding hydrogens is 467 g/mol. The van der Waals surface area contributed by atoms with Crippen LogP contribution in [-0.4, -0.2) is 49.1 Å². The van der Waals surface area contributed by atoms with Crippen LogP contribution in [0.15, 0.2) is 17.1 Å². The Morgan fingerprint density at radius 3 is 2.39 bits per heavy atom. The van der Waals surface area contributed by atoms with Gasteiger partial charge in [0.25, 0.3) is 0 Å². The zero-order valence-electron chi connectivity index (χ0n) is 11.5. The monoisotopic (exact) mass is 482 g/mol. The maximum absolute atomic E-state index is 11.7. The van der Waals surface area contributed by atoms with Crippen LogP contribution in [0.1, 0.15) is 6.23 Å². The number of hydrogen-bond acceptors (Lipinski definition) is 6. The van der Waals surface area contributed by atoms with Crippen molar-refractivity contribution >= 4 is 13.4 Å². The Labute approximate surface area is 151 Å². The zero-order chi connectivity index (χ0) is 15.9. The van der Waals surface area contributed by atoms with Gasteiger partial charge in [0.2, 0.25) is 12.0 Å². The second-order valence-corrected chi connectivity index (χ2v) is 6.58. The van der Waals surface area contributed by atoms with Crippen LogP contribution in [0.4, 0.5) is 5.82 Å². The van der Waals surface area contributed by atoms with Gasteiger partial charge in [-0.3, -0.25) is 4.57 Å². The van der Waals surface area contributed by atoms with E-state index in [-0.39, 0.29) is 39.8 Å². The average molecular weight is 484 g/mol. The van der Waals surface area contributed by atoms with E-state index in [1.165, 1.54) is 12.3 Å². The molecule has 1 aliphatic rings. The van der Waals surface area contributed by atoms with Crippen molar-refractivity contribution in [3.8, 4) is 0 Å². The van der Waals surface area contributed by atoms with Crippen LogP contribution < -0.4 is 55.7 Å². The Bertz CT molecular complexity index is 641. The van der Waals surface area contributed by atoms with E-state index in [1.54, 1.807) is 0 Å². The van der Waals surface area contributed by atoms with Gasteiger partial charge in [0.1, 0.15) is 18.4 Å². The van der Waals surface area contributed by atoms with Crippen LogP contribution in [0.3, 0.4) is 0 Å². The summed E-state index contributed by atoms with van der Waals surface area (Å²) in [6.07, 6.45) is -4.66. The third-order valence-corrected chi connectivity index (χ3v) is 4.42. The van der Waals surface area contributed by atoms with E-state index in [0.717, 1.165) is 4.57 Å². The van der Waals surface area contributed by atoms with E-state index in [9.17, 15) is 19.6 Å². The van der Waals surface area contributed by atoms with Gasteiger partial charge in [0.05, 0.1) is 0 Å². The fourth-order valence-corrected chi connectivity index (χ4v) is 2.71. The van der Waals surface area contributed by atoms with Crippen LogP contribution in [0.2, 0.25) is 0 Å².